The number of aryl methyl sites for hydroxylation is 1. The van der Waals surface area contributed by atoms with Crippen LogP contribution in [0.1, 0.15) is 29.0 Å². The number of hydrogen-bond donors (Lipinski definition) is 2. The lowest BCUT2D eigenvalue weighted by molar-refractivity contribution is -0.159. The van der Waals surface area contributed by atoms with Crippen molar-refractivity contribution in [2.75, 3.05) is 12.3 Å². The molecule has 0 fully saturated rings. The average molecular weight is 401 g/mol. The highest BCUT2D eigenvalue weighted by Gasteiger charge is 2.32. The molecule has 1 aliphatic rings. The lowest BCUT2D eigenvalue weighted by Crippen LogP contribution is -2.27. The molecule has 0 heterocycles. The molecule has 0 saturated carbocycles. The maximum absolute atomic E-state index is 12.6. The van der Waals surface area contributed by atoms with E-state index in [1.807, 2.05) is 48.5 Å². The number of fused-ring (bicyclic) bond motifs is 3. The minimum absolute atomic E-state index is 0.0929. The molecule has 0 spiro atoms. The van der Waals surface area contributed by atoms with E-state index in [1.165, 1.54) is 0 Å². The number of anilines is 1. The Morgan fingerprint density at radius 3 is 2.17 bits per heavy atom. The Kier molecular flexibility index (Phi) is 5.53. The number of hydrogen-bond acceptors (Lipinski definition) is 4. The molecule has 1 atom stereocenters. The molecule has 0 saturated heterocycles. The molecule has 0 aromatic heterocycles. The minimum Gasteiger partial charge on any atom is -0.481 e. The molecule has 0 aliphatic heterocycles. The number of aliphatic carboxylic acids is 1. The predicted molar refractivity (Wildman–Crippen MR) is 115 cm³/mol. The highest BCUT2D eigenvalue weighted by molar-refractivity contribution is 5.94. The SMILES string of the molecule is Nc1cccc(CCC(C(=O)O)C(=O)OCC2c3ccccc3-c3ccccc32)c1. The van der Waals surface area contributed by atoms with Crippen LogP contribution in [0.3, 0.4) is 0 Å². The molecule has 1 aliphatic carbocycles. The van der Waals surface area contributed by atoms with Crippen molar-refractivity contribution in [3.8, 4) is 11.1 Å². The van der Waals surface area contributed by atoms with Gasteiger partial charge in [-0.1, -0.05) is 60.7 Å². The van der Waals surface area contributed by atoms with E-state index in [1.54, 1.807) is 12.1 Å². The van der Waals surface area contributed by atoms with Gasteiger partial charge < -0.3 is 15.6 Å². The zero-order valence-electron chi connectivity index (χ0n) is 16.5. The second-order valence-electron chi connectivity index (χ2n) is 7.53. The van der Waals surface area contributed by atoms with Gasteiger partial charge in [0, 0.05) is 11.6 Å². The van der Waals surface area contributed by atoms with E-state index in [2.05, 4.69) is 12.1 Å². The Bertz CT molecular complexity index is 1050. The van der Waals surface area contributed by atoms with E-state index in [-0.39, 0.29) is 18.9 Å². The monoisotopic (exact) mass is 401 g/mol. The number of carbonyl (C=O) groups is 2. The van der Waals surface area contributed by atoms with Gasteiger partial charge >= 0.3 is 11.9 Å². The first-order valence-corrected chi connectivity index (χ1v) is 9.96. The molecule has 5 heteroatoms. The van der Waals surface area contributed by atoms with Crippen LogP contribution in [0.25, 0.3) is 11.1 Å². The van der Waals surface area contributed by atoms with Gasteiger partial charge in [-0.3, -0.25) is 9.59 Å². The Morgan fingerprint density at radius 2 is 1.57 bits per heavy atom. The van der Waals surface area contributed by atoms with Gasteiger partial charge in [0.15, 0.2) is 5.92 Å². The number of rotatable bonds is 7. The van der Waals surface area contributed by atoms with Crippen LogP contribution < -0.4 is 5.73 Å². The van der Waals surface area contributed by atoms with E-state index in [9.17, 15) is 14.7 Å². The molecule has 4 rings (SSSR count). The molecule has 30 heavy (non-hydrogen) atoms. The maximum Gasteiger partial charge on any atom is 0.320 e. The summed E-state index contributed by atoms with van der Waals surface area (Å²) in [7, 11) is 0. The summed E-state index contributed by atoms with van der Waals surface area (Å²) < 4.78 is 5.53. The number of nitrogen functional groups attached to an aromatic ring is 1. The van der Waals surface area contributed by atoms with Crippen molar-refractivity contribution in [3.05, 3.63) is 89.5 Å². The molecule has 0 bridgehead atoms. The normalized spacial score (nSPS) is 13.3. The van der Waals surface area contributed by atoms with Gasteiger partial charge in [-0.2, -0.15) is 0 Å². The summed E-state index contributed by atoms with van der Waals surface area (Å²) in [6, 6.07) is 23.3. The Balaban J connectivity index is 1.45. The summed E-state index contributed by atoms with van der Waals surface area (Å²) in [5, 5.41) is 9.56. The molecule has 5 nitrogen and oxygen atoms in total. The number of carboxylic acid groups (broad SMARTS) is 1. The number of carbonyl (C=O) groups excluding carboxylic acids is 1. The number of esters is 1. The summed E-state index contributed by atoms with van der Waals surface area (Å²) in [4.78, 5) is 24.3. The van der Waals surface area contributed by atoms with E-state index in [0.29, 0.717) is 12.1 Å². The first-order chi connectivity index (χ1) is 14.5. The van der Waals surface area contributed by atoms with Crippen LogP contribution in [0.5, 0.6) is 0 Å². The van der Waals surface area contributed by atoms with Gasteiger partial charge in [0.1, 0.15) is 6.61 Å². The fourth-order valence-corrected chi connectivity index (χ4v) is 4.11. The molecule has 3 aromatic rings. The maximum atomic E-state index is 12.6. The van der Waals surface area contributed by atoms with Crippen molar-refractivity contribution in [1.82, 2.24) is 0 Å². The molecule has 1 unspecified atom stereocenters. The average Bonchev–Trinajstić information content (AvgIpc) is 3.06. The topological polar surface area (TPSA) is 89.6 Å². The van der Waals surface area contributed by atoms with Crippen molar-refractivity contribution in [2.45, 2.75) is 18.8 Å². The van der Waals surface area contributed by atoms with E-state index < -0.39 is 17.9 Å². The highest BCUT2D eigenvalue weighted by Crippen LogP contribution is 2.44. The highest BCUT2D eigenvalue weighted by atomic mass is 16.5. The van der Waals surface area contributed by atoms with Gasteiger partial charge in [-0.15, -0.1) is 0 Å². The van der Waals surface area contributed by atoms with Crippen molar-refractivity contribution in [1.29, 1.82) is 0 Å². The van der Waals surface area contributed by atoms with Crippen LogP contribution in [0, 0.1) is 5.92 Å². The number of ether oxygens (including phenoxy) is 1. The van der Waals surface area contributed by atoms with Crippen molar-refractivity contribution in [2.24, 2.45) is 5.92 Å². The van der Waals surface area contributed by atoms with Crippen LogP contribution in [0.4, 0.5) is 5.69 Å². The summed E-state index contributed by atoms with van der Waals surface area (Å²) in [6.07, 6.45) is 0.599. The van der Waals surface area contributed by atoms with Gasteiger partial charge in [-0.05, 0) is 52.8 Å². The molecular weight excluding hydrogens is 378 g/mol. The molecule has 152 valence electrons. The first kappa shape index (κ1) is 19.7. The third-order valence-corrected chi connectivity index (χ3v) is 5.61. The summed E-state index contributed by atoms with van der Waals surface area (Å²) in [5.74, 6) is -3.17. The second kappa shape index (κ2) is 8.41. The second-order valence-corrected chi connectivity index (χ2v) is 7.53. The fraction of sp³-hybridized carbons (Fsp3) is 0.200. The van der Waals surface area contributed by atoms with E-state index in [4.69, 9.17) is 10.5 Å². The molecule has 0 radical (unpaired) electrons. The molecule has 3 aromatic carbocycles. The number of carboxylic acids is 1. The van der Waals surface area contributed by atoms with Gasteiger partial charge in [-0.25, -0.2) is 0 Å². The smallest absolute Gasteiger partial charge is 0.320 e. The quantitative estimate of drug-likeness (QED) is 0.351. The molecule has 3 N–H and O–H groups in total. The van der Waals surface area contributed by atoms with Crippen LogP contribution in [0.15, 0.2) is 72.8 Å². The predicted octanol–water partition coefficient (Wildman–Crippen LogP) is 4.26. The minimum atomic E-state index is -1.21. The standard InChI is InChI=1S/C25H23NO4/c26-17-7-5-6-16(14-17)12-13-22(24(27)28)25(29)30-15-23-20-10-3-1-8-18(20)19-9-2-4-11-21(19)23/h1-11,14,22-23H,12-13,15,26H2,(H,27,28). The van der Waals surface area contributed by atoms with E-state index >= 15 is 0 Å². The zero-order chi connectivity index (χ0) is 21.1. The van der Waals surface area contributed by atoms with Gasteiger partial charge in [0.2, 0.25) is 0 Å². The Hall–Kier alpha value is -3.60. The van der Waals surface area contributed by atoms with E-state index in [0.717, 1.165) is 27.8 Å². The Morgan fingerprint density at radius 1 is 0.933 bits per heavy atom. The van der Waals surface area contributed by atoms with Crippen LogP contribution in [0.2, 0.25) is 0 Å². The number of benzene rings is 3. The van der Waals surface area contributed by atoms with Crippen molar-refractivity contribution in [3.63, 3.8) is 0 Å². The Labute approximate surface area is 175 Å². The third kappa shape index (κ3) is 3.92. The van der Waals surface area contributed by atoms with Crippen molar-refractivity contribution >= 4 is 17.6 Å². The lowest BCUT2D eigenvalue weighted by Gasteiger charge is -2.17. The summed E-state index contributed by atoms with van der Waals surface area (Å²) in [5.41, 5.74) is 11.7. The van der Waals surface area contributed by atoms with Crippen LogP contribution >= 0.6 is 0 Å². The van der Waals surface area contributed by atoms with Crippen LogP contribution in [-0.4, -0.2) is 23.7 Å². The molecule has 0 amide bonds. The summed E-state index contributed by atoms with van der Waals surface area (Å²) in [6.45, 7) is 0.120. The van der Waals surface area contributed by atoms with Crippen LogP contribution in [-0.2, 0) is 20.7 Å². The third-order valence-electron chi connectivity index (χ3n) is 5.61. The largest absolute Gasteiger partial charge is 0.481 e. The zero-order valence-corrected chi connectivity index (χ0v) is 16.5. The summed E-state index contributed by atoms with van der Waals surface area (Å²) >= 11 is 0. The number of nitrogens with two attached hydrogens (primary N) is 1. The van der Waals surface area contributed by atoms with Crippen molar-refractivity contribution < 1.29 is 19.4 Å². The van der Waals surface area contributed by atoms with Gasteiger partial charge in [0.05, 0.1) is 0 Å². The molecular formula is C25H23NO4. The fourth-order valence-electron chi connectivity index (χ4n) is 4.11. The van der Waals surface area contributed by atoms with Gasteiger partial charge in [0.25, 0.3) is 0 Å². The lowest BCUT2D eigenvalue weighted by atomic mass is 9.97. The first-order valence-electron chi connectivity index (χ1n) is 9.96.